The predicted molar refractivity (Wildman–Crippen MR) is 152 cm³/mol. The monoisotopic (exact) mass is 478 g/mol. The molecule has 0 saturated carbocycles. The first kappa shape index (κ1) is 21.1. The molecule has 0 aliphatic heterocycles. The number of para-hydroxylation sites is 2. The predicted octanol–water partition coefficient (Wildman–Crippen LogP) is 7.81. The van der Waals surface area contributed by atoms with Crippen molar-refractivity contribution in [2.75, 3.05) is 10.6 Å². The van der Waals surface area contributed by atoms with E-state index < -0.39 is 0 Å². The molecule has 0 aliphatic carbocycles. The van der Waals surface area contributed by atoms with E-state index in [0.717, 1.165) is 67.0 Å². The molecule has 7 rings (SSSR count). The normalized spacial score (nSPS) is 11.2. The number of hydrogen-bond donors (Lipinski definition) is 3. The quantitative estimate of drug-likeness (QED) is 0.235. The number of aromatic amines is 1. The lowest BCUT2D eigenvalue weighted by Crippen LogP contribution is -1.92. The van der Waals surface area contributed by atoms with Crippen LogP contribution in [-0.4, -0.2) is 19.9 Å². The van der Waals surface area contributed by atoms with Gasteiger partial charge in [-0.15, -0.1) is 0 Å². The summed E-state index contributed by atoms with van der Waals surface area (Å²) < 4.78 is 0. The lowest BCUT2D eigenvalue weighted by Gasteiger charge is -2.09. The van der Waals surface area contributed by atoms with Crippen LogP contribution >= 0.6 is 0 Å². The van der Waals surface area contributed by atoms with Gasteiger partial charge >= 0.3 is 0 Å². The number of fused-ring (bicyclic) bond motifs is 3. The van der Waals surface area contributed by atoms with Crippen molar-refractivity contribution < 1.29 is 0 Å². The van der Waals surface area contributed by atoms with Crippen LogP contribution in [0.1, 0.15) is 0 Å². The summed E-state index contributed by atoms with van der Waals surface area (Å²) in [5, 5.41) is 9.21. The van der Waals surface area contributed by atoms with Gasteiger partial charge in [0.2, 0.25) is 0 Å². The highest BCUT2D eigenvalue weighted by Crippen LogP contribution is 2.29. The van der Waals surface area contributed by atoms with Gasteiger partial charge in [0.25, 0.3) is 0 Å². The molecule has 7 aromatic rings. The summed E-state index contributed by atoms with van der Waals surface area (Å²) >= 11 is 0. The number of H-pyrrole nitrogens is 1. The topological polar surface area (TPSA) is 78.5 Å². The second-order valence-electron chi connectivity index (χ2n) is 8.90. The van der Waals surface area contributed by atoms with Crippen LogP contribution in [0.25, 0.3) is 44.2 Å². The summed E-state index contributed by atoms with van der Waals surface area (Å²) in [7, 11) is 0. The van der Waals surface area contributed by atoms with Gasteiger partial charge < -0.3 is 15.6 Å². The molecule has 0 amide bonds. The number of anilines is 4. The summed E-state index contributed by atoms with van der Waals surface area (Å²) in [6, 6.07) is 34.7. The van der Waals surface area contributed by atoms with E-state index in [-0.39, 0.29) is 0 Å². The van der Waals surface area contributed by atoms with Crippen molar-refractivity contribution >= 4 is 55.6 Å². The lowest BCUT2D eigenvalue weighted by atomic mass is 10.1. The van der Waals surface area contributed by atoms with Crippen LogP contribution < -0.4 is 10.6 Å². The Hall–Kier alpha value is -5.23. The molecule has 0 spiro atoms. The van der Waals surface area contributed by atoms with Gasteiger partial charge in [-0.1, -0.05) is 36.4 Å². The molecule has 6 heteroatoms. The molecular weight excluding hydrogens is 456 g/mol. The minimum atomic E-state index is 0.836. The fraction of sp³-hybridized carbons (Fsp3) is 0. The average Bonchev–Trinajstić information content (AvgIpc) is 3.37. The minimum absolute atomic E-state index is 0.836. The van der Waals surface area contributed by atoms with E-state index in [1.165, 1.54) is 0 Å². The van der Waals surface area contributed by atoms with Gasteiger partial charge in [-0.25, -0.2) is 4.98 Å². The first-order chi connectivity index (χ1) is 18.3. The van der Waals surface area contributed by atoms with Crippen LogP contribution in [0.5, 0.6) is 0 Å². The summed E-state index contributed by atoms with van der Waals surface area (Å²) in [6.45, 7) is 0. The van der Waals surface area contributed by atoms with E-state index in [0.29, 0.717) is 0 Å². The second-order valence-corrected chi connectivity index (χ2v) is 8.90. The maximum Gasteiger partial charge on any atom is 0.138 e. The number of nitrogens with one attached hydrogen (secondary N) is 3. The van der Waals surface area contributed by atoms with Crippen LogP contribution in [0.2, 0.25) is 0 Å². The highest BCUT2D eigenvalue weighted by Gasteiger charge is 2.09. The van der Waals surface area contributed by atoms with E-state index >= 15 is 0 Å². The molecule has 3 aromatic heterocycles. The fourth-order valence-electron chi connectivity index (χ4n) is 4.65. The van der Waals surface area contributed by atoms with E-state index in [2.05, 4.69) is 80.2 Å². The standard InChI is InChI=1S/C31H22N6/c1-3-7-25-23(5-1)27(15-17-32-25)34-21-11-9-20(10-12-21)31-36-29-14-13-22(19-30(29)37-31)35-28-16-18-33-26-8-4-2-6-24(26)28/h1-19H,(H,32,34)(H,33,35)(H,36,37). The van der Waals surface area contributed by atoms with Crippen LogP contribution in [0.4, 0.5) is 22.7 Å². The van der Waals surface area contributed by atoms with Crippen molar-refractivity contribution in [1.29, 1.82) is 0 Å². The number of rotatable bonds is 5. The number of aromatic nitrogens is 4. The molecule has 0 radical (unpaired) electrons. The molecule has 0 bridgehead atoms. The summed E-state index contributed by atoms with van der Waals surface area (Å²) in [5.41, 5.74) is 8.89. The van der Waals surface area contributed by atoms with Crippen molar-refractivity contribution in [3.8, 4) is 11.4 Å². The Morgan fingerprint density at radius 1 is 0.541 bits per heavy atom. The third-order valence-corrected chi connectivity index (χ3v) is 6.50. The average molecular weight is 479 g/mol. The van der Waals surface area contributed by atoms with Gasteiger partial charge in [0, 0.05) is 51.5 Å². The summed E-state index contributed by atoms with van der Waals surface area (Å²) in [5.74, 6) is 0.836. The molecule has 3 heterocycles. The van der Waals surface area contributed by atoms with E-state index in [1.807, 2.05) is 60.9 Å². The maximum absolute atomic E-state index is 4.87. The molecule has 0 atom stereocenters. The Bertz CT molecular complexity index is 1880. The van der Waals surface area contributed by atoms with E-state index in [1.54, 1.807) is 0 Å². The van der Waals surface area contributed by atoms with Crippen molar-refractivity contribution in [2.24, 2.45) is 0 Å². The van der Waals surface area contributed by atoms with Gasteiger partial charge in [-0.05, 0) is 66.7 Å². The van der Waals surface area contributed by atoms with Gasteiger partial charge in [0.15, 0.2) is 0 Å². The molecular formula is C31H22N6. The summed E-state index contributed by atoms with van der Waals surface area (Å²) in [4.78, 5) is 17.2. The zero-order valence-electron chi connectivity index (χ0n) is 19.8. The van der Waals surface area contributed by atoms with Crippen LogP contribution in [-0.2, 0) is 0 Å². The zero-order chi connectivity index (χ0) is 24.6. The smallest absolute Gasteiger partial charge is 0.138 e. The highest BCUT2D eigenvalue weighted by molar-refractivity contribution is 5.94. The van der Waals surface area contributed by atoms with Gasteiger partial charge in [-0.3, -0.25) is 9.97 Å². The van der Waals surface area contributed by atoms with Crippen molar-refractivity contribution in [3.63, 3.8) is 0 Å². The van der Waals surface area contributed by atoms with Crippen LogP contribution in [0.15, 0.2) is 116 Å². The number of benzene rings is 4. The highest BCUT2D eigenvalue weighted by atomic mass is 14.9. The molecule has 4 aromatic carbocycles. The third-order valence-electron chi connectivity index (χ3n) is 6.50. The SMILES string of the molecule is c1ccc2c(Nc3ccc(-c4nc5cc(Nc6ccnc7ccccc67)ccc5[nH]4)cc3)ccnc2c1. The van der Waals surface area contributed by atoms with E-state index in [9.17, 15) is 0 Å². The number of imidazole rings is 1. The number of nitrogens with zero attached hydrogens (tertiary/aromatic N) is 3. The largest absolute Gasteiger partial charge is 0.355 e. The Labute approximate surface area is 213 Å². The van der Waals surface area contributed by atoms with Crippen LogP contribution in [0.3, 0.4) is 0 Å². The zero-order valence-corrected chi connectivity index (χ0v) is 19.8. The van der Waals surface area contributed by atoms with Crippen LogP contribution in [0, 0.1) is 0 Å². The van der Waals surface area contributed by atoms with Gasteiger partial charge in [0.05, 0.1) is 22.1 Å². The van der Waals surface area contributed by atoms with Crippen molar-refractivity contribution in [1.82, 2.24) is 19.9 Å². The first-order valence-corrected chi connectivity index (χ1v) is 12.1. The molecule has 3 N–H and O–H groups in total. The lowest BCUT2D eigenvalue weighted by molar-refractivity contribution is 1.33. The fourth-order valence-corrected chi connectivity index (χ4v) is 4.65. The van der Waals surface area contributed by atoms with E-state index in [4.69, 9.17) is 4.98 Å². The second kappa shape index (κ2) is 8.77. The van der Waals surface area contributed by atoms with Gasteiger partial charge in [0.1, 0.15) is 5.82 Å². The first-order valence-electron chi connectivity index (χ1n) is 12.1. The Morgan fingerprint density at radius 2 is 1.14 bits per heavy atom. The minimum Gasteiger partial charge on any atom is -0.355 e. The van der Waals surface area contributed by atoms with Crippen molar-refractivity contribution in [3.05, 3.63) is 116 Å². The van der Waals surface area contributed by atoms with Gasteiger partial charge in [-0.2, -0.15) is 0 Å². The Balaban J connectivity index is 1.14. The molecule has 0 aliphatic rings. The summed E-state index contributed by atoms with van der Waals surface area (Å²) in [6.07, 6.45) is 3.65. The van der Waals surface area contributed by atoms with Crippen molar-refractivity contribution in [2.45, 2.75) is 0 Å². The third kappa shape index (κ3) is 4.00. The molecule has 37 heavy (non-hydrogen) atoms. The molecule has 0 fully saturated rings. The number of hydrogen-bond acceptors (Lipinski definition) is 5. The molecule has 0 unspecified atom stereocenters. The molecule has 176 valence electrons. The number of pyridine rings is 2. The molecule has 0 saturated heterocycles. The maximum atomic E-state index is 4.87. The Morgan fingerprint density at radius 3 is 1.81 bits per heavy atom. The Kier molecular flexibility index (Phi) is 5.00. The molecule has 6 nitrogen and oxygen atoms in total.